The molecular weight excluding hydrogens is 330 g/mol. The van der Waals surface area contributed by atoms with E-state index in [0.29, 0.717) is 0 Å². The van der Waals surface area contributed by atoms with Gasteiger partial charge in [-0.05, 0) is 39.8 Å². The second kappa shape index (κ2) is 8.06. The lowest BCUT2D eigenvalue weighted by Crippen LogP contribution is -2.41. The van der Waals surface area contributed by atoms with Crippen LogP contribution in [-0.2, 0) is 5.60 Å². The minimum absolute atomic E-state index is 0. The zero-order valence-corrected chi connectivity index (χ0v) is 15.7. The highest BCUT2D eigenvalue weighted by atomic mass is 35.5. The van der Waals surface area contributed by atoms with Crippen molar-refractivity contribution >= 4 is 12.4 Å². The first-order chi connectivity index (χ1) is 11.5. The fraction of sp³-hybridized carbons (Fsp3) is 0.364. The molecule has 1 fully saturated rings. The van der Waals surface area contributed by atoms with Crippen LogP contribution < -0.4 is 0 Å². The number of likely N-dealkylation sites (tertiary alicyclic amines) is 1. The van der Waals surface area contributed by atoms with E-state index in [2.05, 4.69) is 30.6 Å². The lowest BCUT2D eigenvalue weighted by atomic mass is 9.86. The number of benzene rings is 2. The van der Waals surface area contributed by atoms with Crippen molar-refractivity contribution in [3.8, 4) is 11.8 Å². The Morgan fingerprint density at radius 3 is 1.68 bits per heavy atom. The maximum atomic E-state index is 11.5. The van der Waals surface area contributed by atoms with Gasteiger partial charge in [-0.2, -0.15) is 0 Å². The first kappa shape index (κ1) is 19.5. The third kappa shape index (κ3) is 4.25. The molecule has 1 heterocycles. The molecule has 3 rings (SSSR count). The Kier molecular flexibility index (Phi) is 6.30. The van der Waals surface area contributed by atoms with Crippen LogP contribution in [0.4, 0.5) is 0 Å². The largest absolute Gasteiger partial charge is 0.369 e. The van der Waals surface area contributed by atoms with E-state index in [1.807, 2.05) is 60.7 Å². The molecule has 0 radical (unpaired) electrons. The Bertz CT molecular complexity index is 685. The molecular formula is C22H26ClNO. The van der Waals surface area contributed by atoms with Gasteiger partial charge >= 0.3 is 0 Å². The summed E-state index contributed by atoms with van der Waals surface area (Å²) in [5.41, 5.74) is 0.0786. The van der Waals surface area contributed by atoms with Crippen molar-refractivity contribution < 1.29 is 5.11 Å². The Balaban J connectivity index is 0.00000225. The second-order valence-corrected chi connectivity index (χ2v) is 6.95. The van der Waals surface area contributed by atoms with E-state index in [1.165, 1.54) is 12.8 Å². The fourth-order valence-electron chi connectivity index (χ4n) is 3.27. The number of nitrogens with zero attached hydrogens (tertiary/aromatic N) is 1. The number of aliphatic hydroxyl groups is 1. The van der Waals surface area contributed by atoms with Gasteiger partial charge < -0.3 is 5.11 Å². The third-order valence-electron chi connectivity index (χ3n) is 4.83. The molecule has 1 aliphatic heterocycles. The van der Waals surface area contributed by atoms with Gasteiger partial charge in [0.2, 0.25) is 0 Å². The van der Waals surface area contributed by atoms with Crippen LogP contribution in [-0.4, -0.2) is 28.6 Å². The average Bonchev–Trinajstić information content (AvgIpc) is 3.17. The van der Waals surface area contributed by atoms with E-state index < -0.39 is 5.60 Å². The molecule has 1 N–H and O–H groups in total. The van der Waals surface area contributed by atoms with E-state index in [0.717, 1.165) is 24.2 Å². The molecule has 0 aromatic heterocycles. The molecule has 0 unspecified atom stereocenters. The molecule has 0 atom stereocenters. The topological polar surface area (TPSA) is 23.5 Å². The van der Waals surface area contributed by atoms with Crippen molar-refractivity contribution in [1.29, 1.82) is 0 Å². The van der Waals surface area contributed by atoms with Gasteiger partial charge in [0, 0.05) is 11.1 Å². The van der Waals surface area contributed by atoms with E-state index in [9.17, 15) is 5.11 Å². The summed E-state index contributed by atoms with van der Waals surface area (Å²) in [5.74, 6) is 6.57. The highest BCUT2D eigenvalue weighted by molar-refractivity contribution is 5.85. The summed E-state index contributed by atoms with van der Waals surface area (Å²) in [6, 6.07) is 19.4. The standard InChI is InChI=1S/C22H25NO.ClH/c1-21(2,23-17-9-10-18-23)15-16-22(24,19-11-5-3-6-12-19)20-13-7-4-8-14-20;/h3-8,11-14,24H,9-10,17-18H2,1-2H3;1H. The van der Waals surface area contributed by atoms with Gasteiger partial charge in [0.05, 0.1) is 5.54 Å². The van der Waals surface area contributed by atoms with Crippen molar-refractivity contribution in [3.05, 3.63) is 71.8 Å². The molecule has 3 heteroatoms. The van der Waals surface area contributed by atoms with Gasteiger partial charge in [0.1, 0.15) is 0 Å². The second-order valence-electron chi connectivity index (χ2n) is 6.95. The Labute approximate surface area is 157 Å². The fourth-order valence-corrected chi connectivity index (χ4v) is 3.27. The number of hydrogen-bond donors (Lipinski definition) is 1. The number of rotatable bonds is 3. The molecule has 0 aliphatic carbocycles. The summed E-state index contributed by atoms with van der Waals surface area (Å²) in [4.78, 5) is 2.40. The third-order valence-corrected chi connectivity index (χ3v) is 4.83. The first-order valence-corrected chi connectivity index (χ1v) is 8.65. The SMILES string of the molecule is CC(C)(C#CC(O)(c1ccccc1)c1ccccc1)N1CCCC1.Cl. The molecule has 132 valence electrons. The number of hydrogen-bond acceptors (Lipinski definition) is 2. The van der Waals surface area contributed by atoms with Gasteiger partial charge in [-0.3, -0.25) is 4.90 Å². The molecule has 2 aromatic rings. The smallest absolute Gasteiger partial charge is 0.176 e. The predicted octanol–water partition coefficient (Wildman–Crippen LogP) is 4.22. The molecule has 0 spiro atoms. The minimum atomic E-state index is -1.29. The Morgan fingerprint density at radius 1 is 0.800 bits per heavy atom. The van der Waals surface area contributed by atoms with Gasteiger partial charge in [-0.1, -0.05) is 72.5 Å². The Morgan fingerprint density at radius 2 is 1.24 bits per heavy atom. The summed E-state index contributed by atoms with van der Waals surface area (Å²) in [6.07, 6.45) is 2.46. The van der Waals surface area contributed by atoms with Crippen LogP contribution in [0.1, 0.15) is 37.8 Å². The van der Waals surface area contributed by atoms with Crippen molar-refractivity contribution in [2.24, 2.45) is 0 Å². The van der Waals surface area contributed by atoms with Crippen molar-refractivity contribution in [1.82, 2.24) is 4.90 Å². The van der Waals surface area contributed by atoms with E-state index in [4.69, 9.17) is 0 Å². The van der Waals surface area contributed by atoms with Gasteiger partial charge in [-0.15, -0.1) is 12.4 Å². The summed E-state index contributed by atoms with van der Waals surface area (Å²) in [5, 5.41) is 11.5. The first-order valence-electron chi connectivity index (χ1n) is 8.65. The molecule has 25 heavy (non-hydrogen) atoms. The molecule has 0 bridgehead atoms. The average molecular weight is 356 g/mol. The normalized spacial score (nSPS) is 15.2. The maximum absolute atomic E-state index is 11.5. The Hall–Kier alpha value is -1.79. The number of halogens is 1. The van der Waals surface area contributed by atoms with Crippen molar-refractivity contribution in [2.75, 3.05) is 13.1 Å². The zero-order valence-electron chi connectivity index (χ0n) is 14.9. The van der Waals surface area contributed by atoms with Crippen LogP contribution in [0, 0.1) is 11.8 Å². The quantitative estimate of drug-likeness (QED) is 0.833. The van der Waals surface area contributed by atoms with E-state index in [-0.39, 0.29) is 17.9 Å². The van der Waals surface area contributed by atoms with Crippen LogP contribution in [0.25, 0.3) is 0 Å². The molecule has 0 amide bonds. The maximum Gasteiger partial charge on any atom is 0.176 e. The highest BCUT2D eigenvalue weighted by Gasteiger charge is 2.32. The molecule has 1 aliphatic rings. The molecule has 2 aromatic carbocycles. The molecule has 2 nitrogen and oxygen atoms in total. The van der Waals surface area contributed by atoms with Crippen LogP contribution in [0.3, 0.4) is 0 Å². The highest BCUT2D eigenvalue weighted by Crippen LogP contribution is 2.30. The van der Waals surface area contributed by atoms with E-state index in [1.54, 1.807) is 0 Å². The van der Waals surface area contributed by atoms with Crippen LogP contribution in [0.2, 0.25) is 0 Å². The van der Waals surface area contributed by atoms with Crippen molar-refractivity contribution in [2.45, 2.75) is 37.8 Å². The predicted molar refractivity (Wildman–Crippen MR) is 106 cm³/mol. The van der Waals surface area contributed by atoms with Crippen LogP contribution in [0.15, 0.2) is 60.7 Å². The zero-order chi connectivity index (χ0) is 17.0. The summed E-state index contributed by atoms with van der Waals surface area (Å²) in [6.45, 7) is 6.44. The van der Waals surface area contributed by atoms with Gasteiger partial charge in [0.25, 0.3) is 0 Å². The molecule has 1 saturated heterocycles. The van der Waals surface area contributed by atoms with Crippen LogP contribution in [0.5, 0.6) is 0 Å². The van der Waals surface area contributed by atoms with E-state index >= 15 is 0 Å². The minimum Gasteiger partial charge on any atom is -0.369 e. The lowest BCUT2D eigenvalue weighted by molar-refractivity contribution is 0.143. The lowest BCUT2D eigenvalue weighted by Gasteiger charge is -2.31. The van der Waals surface area contributed by atoms with Gasteiger partial charge in [-0.25, -0.2) is 0 Å². The summed E-state index contributed by atoms with van der Waals surface area (Å²) < 4.78 is 0. The monoisotopic (exact) mass is 355 g/mol. The van der Waals surface area contributed by atoms with Crippen LogP contribution >= 0.6 is 12.4 Å². The molecule has 0 saturated carbocycles. The van der Waals surface area contributed by atoms with Gasteiger partial charge in [0.15, 0.2) is 5.60 Å². The summed E-state index contributed by atoms with van der Waals surface area (Å²) >= 11 is 0. The van der Waals surface area contributed by atoms with Crippen molar-refractivity contribution in [3.63, 3.8) is 0 Å². The summed E-state index contributed by atoms with van der Waals surface area (Å²) in [7, 11) is 0.